The van der Waals surface area contributed by atoms with Crippen molar-refractivity contribution in [2.24, 2.45) is 0 Å². The standard InChI is InChI=1S/C9H6F4O/c10-4-6-2-1-3-7(5-14)8(6)9(11,12)13/h1-3,5H,4H2. The Labute approximate surface area is 77.3 Å². The van der Waals surface area contributed by atoms with Gasteiger partial charge in [-0.25, -0.2) is 4.39 Å². The molecule has 0 saturated heterocycles. The first-order valence-corrected chi connectivity index (χ1v) is 3.71. The van der Waals surface area contributed by atoms with E-state index < -0.39 is 29.5 Å². The second-order valence-corrected chi connectivity index (χ2v) is 2.63. The molecule has 0 aromatic heterocycles. The number of carbonyl (C=O) groups is 1. The first kappa shape index (κ1) is 10.7. The normalized spacial score (nSPS) is 11.4. The maximum absolute atomic E-state index is 12.4. The zero-order chi connectivity index (χ0) is 10.8. The molecule has 1 nitrogen and oxygen atoms in total. The molecule has 0 N–H and O–H groups in total. The maximum Gasteiger partial charge on any atom is 0.417 e. The molecule has 14 heavy (non-hydrogen) atoms. The van der Waals surface area contributed by atoms with Crippen molar-refractivity contribution in [2.45, 2.75) is 12.9 Å². The lowest BCUT2D eigenvalue weighted by Crippen LogP contribution is -2.12. The molecule has 0 aliphatic rings. The number of hydrogen-bond acceptors (Lipinski definition) is 1. The van der Waals surface area contributed by atoms with Gasteiger partial charge in [0, 0.05) is 5.56 Å². The molecule has 0 radical (unpaired) electrons. The van der Waals surface area contributed by atoms with Crippen LogP contribution in [0.5, 0.6) is 0 Å². The summed E-state index contributed by atoms with van der Waals surface area (Å²) in [5, 5.41) is 0. The molecule has 0 saturated carbocycles. The van der Waals surface area contributed by atoms with Crippen LogP contribution in [0.1, 0.15) is 21.5 Å². The van der Waals surface area contributed by atoms with Crippen LogP contribution in [0.2, 0.25) is 0 Å². The van der Waals surface area contributed by atoms with Crippen molar-refractivity contribution in [2.75, 3.05) is 0 Å². The van der Waals surface area contributed by atoms with Gasteiger partial charge in [-0.1, -0.05) is 18.2 Å². The van der Waals surface area contributed by atoms with Gasteiger partial charge < -0.3 is 0 Å². The van der Waals surface area contributed by atoms with Gasteiger partial charge in [0.05, 0.1) is 5.56 Å². The monoisotopic (exact) mass is 206 g/mol. The number of halogens is 4. The SMILES string of the molecule is O=Cc1cccc(CF)c1C(F)(F)F. The minimum Gasteiger partial charge on any atom is -0.298 e. The van der Waals surface area contributed by atoms with Crippen molar-refractivity contribution in [3.05, 3.63) is 34.9 Å². The van der Waals surface area contributed by atoms with Crippen molar-refractivity contribution in [1.29, 1.82) is 0 Å². The smallest absolute Gasteiger partial charge is 0.298 e. The third-order valence-corrected chi connectivity index (χ3v) is 1.74. The first-order valence-electron chi connectivity index (χ1n) is 3.71. The van der Waals surface area contributed by atoms with E-state index in [1.165, 1.54) is 6.07 Å². The molecule has 0 amide bonds. The molecule has 0 unspecified atom stereocenters. The quantitative estimate of drug-likeness (QED) is 0.537. The van der Waals surface area contributed by atoms with Gasteiger partial charge >= 0.3 is 6.18 Å². The first-order chi connectivity index (χ1) is 6.50. The zero-order valence-electron chi connectivity index (χ0n) is 6.94. The van der Waals surface area contributed by atoms with E-state index in [1.807, 2.05) is 0 Å². The van der Waals surface area contributed by atoms with Crippen molar-refractivity contribution >= 4 is 6.29 Å². The molecule has 0 aliphatic heterocycles. The number of rotatable bonds is 2. The predicted molar refractivity (Wildman–Crippen MR) is 41.6 cm³/mol. The highest BCUT2D eigenvalue weighted by atomic mass is 19.4. The number of carbonyl (C=O) groups excluding carboxylic acids is 1. The van der Waals surface area contributed by atoms with Crippen LogP contribution >= 0.6 is 0 Å². The van der Waals surface area contributed by atoms with E-state index in [1.54, 1.807) is 0 Å². The Morgan fingerprint density at radius 3 is 2.36 bits per heavy atom. The van der Waals surface area contributed by atoms with E-state index in [9.17, 15) is 22.4 Å². The fourth-order valence-electron chi connectivity index (χ4n) is 1.18. The summed E-state index contributed by atoms with van der Waals surface area (Å²) in [7, 11) is 0. The van der Waals surface area contributed by atoms with Gasteiger partial charge in [-0.3, -0.25) is 4.79 Å². The Kier molecular flexibility index (Phi) is 2.88. The number of alkyl halides is 4. The Bertz CT molecular complexity index is 343. The molecule has 0 atom stereocenters. The van der Waals surface area contributed by atoms with Crippen molar-refractivity contribution in [3.8, 4) is 0 Å². The van der Waals surface area contributed by atoms with E-state index in [0.717, 1.165) is 12.1 Å². The van der Waals surface area contributed by atoms with Gasteiger partial charge in [-0.15, -0.1) is 0 Å². The average Bonchev–Trinajstić information content (AvgIpc) is 2.15. The van der Waals surface area contributed by atoms with Crippen LogP contribution in [0.3, 0.4) is 0 Å². The fraction of sp³-hybridized carbons (Fsp3) is 0.222. The van der Waals surface area contributed by atoms with E-state index in [4.69, 9.17) is 0 Å². The topological polar surface area (TPSA) is 17.1 Å². The third-order valence-electron chi connectivity index (χ3n) is 1.74. The van der Waals surface area contributed by atoms with Gasteiger partial charge in [-0.2, -0.15) is 13.2 Å². The van der Waals surface area contributed by atoms with Crippen molar-refractivity contribution < 1.29 is 22.4 Å². The van der Waals surface area contributed by atoms with Gasteiger partial charge in [0.15, 0.2) is 6.29 Å². The molecule has 76 valence electrons. The minimum absolute atomic E-state index is 0.0714. The molecule has 0 aliphatic carbocycles. The van der Waals surface area contributed by atoms with Crippen molar-refractivity contribution in [3.63, 3.8) is 0 Å². The third kappa shape index (κ3) is 1.92. The molecule has 5 heteroatoms. The van der Waals surface area contributed by atoms with Gasteiger partial charge in [0.25, 0.3) is 0 Å². The van der Waals surface area contributed by atoms with Crippen LogP contribution in [0.25, 0.3) is 0 Å². The van der Waals surface area contributed by atoms with Crippen LogP contribution in [-0.2, 0) is 12.9 Å². The highest BCUT2D eigenvalue weighted by Gasteiger charge is 2.35. The van der Waals surface area contributed by atoms with E-state index in [2.05, 4.69) is 0 Å². The Morgan fingerprint density at radius 2 is 1.93 bits per heavy atom. The molecular weight excluding hydrogens is 200 g/mol. The number of hydrogen-bond donors (Lipinski definition) is 0. The number of benzene rings is 1. The molecule has 1 aromatic rings. The summed E-state index contributed by atoms with van der Waals surface area (Å²) < 4.78 is 49.3. The fourth-order valence-corrected chi connectivity index (χ4v) is 1.18. The highest BCUT2D eigenvalue weighted by Crippen LogP contribution is 2.34. The Morgan fingerprint density at radius 1 is 1.29 bits per heavy atom. The summed E-state index contributed by atoms with van der Waals surface area (Å²) in [5.41, 5.74) is -2.23. The van der Waals surface area contributed by atoms with Gasteiger partial charge in [0.1, 0.15) is 6.67 Å². The summed E-state index contributed by atoms with van der Waals surface area (Å²) in [5.74, 6) is 0. The molecule has 0 heterocycles. The predicted octanol–water partition coefficient (Wildman–Crippen LogP) is 2.99. The summed E-state index contributed by atoms with van der Waals surface area (Å²) in [6.45, 7) is -1.24. The maximum atomic E-state index is 12.4. The van der Waals surface area contributed by atoms with E-state index >= 15 is 0 Å². The van der Waals surface area contributed by atoms with Crippen LogP contribution < -0.4 is 0 Å². The molecule has 1 rings (SSSR count). The largest absolute Gasteiger partial charge is 0.417 e. The second kappa shape index (κ2) is 3.77. The van der Waals surface area contributed by atoms with Crippen molar-refractivity contribution in [1.82, 2.24) is 0 Å². The molecule has 0 spiro atoms. The van der Waals surface area contributed by atoms with Crippen LogP contribution in [0.4, 0.5) is 17.6 Å². The summed E-state index contributed by atoms with van der Waals surface area (Å²) in [4.78, 5) is 10.3. The summed E-state index contributed by atoms with van der Waals surface area (Å²) >= 11 is 0. The highest BCUT2D eigenvalue weighted by molar-refractivity contribution is 5.78. The second-order valence-electron chi connectivity index (χ2n) is 2.63. The van der Waals surface area contributed by atoms with Crippen LogP contribution in [0, 0.1) is 0 Å². The van der Waals surface area contributed by atoms with E-state index in [0.29, 0.717) is 0 Å². The van der Waals surface area contributed by atoms with Crippen LogP contribution in [0.15, 0.2) is 18.2 Å². The lowest BCUT2D eigenvalue weighted by atomic mass is 10.0. The Hall–Kier alpha value is -1.39. The lowest BCUT2D eigenvalue weighted by Gasteiger charge is -2.12. The lowest BCUT2D eigenvalue weighted by molar-refractivity contribution is -0.138. The summed E-state index contributed by atoms with van der Waals surface area (Å²) in [6, 6.07) is 3.23. The van der Waals surface area contributed by atoms with Crippen LogP contribution in [-0.4, -0.2) is 6.29 Å². The minimum atomic E-state index is -4.70. The van der Waals surface area contributed by atoms with E-state index in [-0.39, 0.29) is 6.29 Å². The summed E-state index contributed by atoms with van der Waals surface area (Å²) in [6.07, 6.45) is -4.62. The molecule has 0 fully saturated rings. The average molecular weight is 206 g/mol. The van der Waals surface area contributed by atoms with Gasteiger partial charge in [0.2, 0.25) is 0 Å². The van der Waals surface area contributed by atoms with Gasteiger partial charge in [-0.05, 0) is 5.56 Å². The molecule has 1 aromatic carbocycles. The molecule has 0 bridgehead atoms. The molecular formula is C9H6F4O. The zero-order valence-corrected chi connectivity index (χ0v) is 6.94. The Balaban J connectivity index is 3.41. The number of aldehydes is 1.